The second-order valence-electron chi connectivity index (χ2n) is 4.21. The number of allylic oxidation sites excluding steroid dienone is 2. The number of unbranched alkanes of at least 4 members (excludes halogenated alkanes) is 2. The Morgan fingerprint density at radius 2 is 1.69 bits per heavy atom. The van der Waals surface area contributed by atoms with Crippen molar-refractivity contribution >= 4 is 0 Å². The summed E-state index contributed by atoms with van der Waals surface area (Å²) in [6.45, 7) is 11.5. The zero-order chi connectivity index (χ0) is 10.3. The van der Waals surface area contributed by atoms with Crippen molar-refractivity contribution in [1.29, 1.82) is 0 Å². The summed E-state index contributed by atoms with van der Waals surface area (Å²) in [5, 5.41) is 0. The van der Waals surface area contributed by atoms with Gasteiger partial charge in [0.25, 0.3) is 0 Å². The van der Waals surface area contributed by atoms with Crippen LogP contribution in [0.5, 0.6) is 0 Å². The van der Waals surface area contributed by atoms with Gasteiger partial charge in [-0.05, 0) is 32.6 Å². The Morgan fingerprint density at radius 3 is 2.15 bits per heavy atom. The van der Waals surface area contributed by atoms with Crippen molar-refractivity contribution in [3.63, 3.8) is 0 Å². The van der Waals surface area contributed by atoms with Gasteiger partial charge in [-0.3, -0.25) is 0 Å². The predicted octanol–water partition coefficient (Wildman–Crippen LogP) is 4.95. The lowest BCUT2D eigenvalue weighted by Gasteiger charge is -2.14. The number of rotatable bonds is 6. The molecular formula is C13H26. The molecule has 0 saturated heterocycles. The Kier molecular flexibility index (Phi) is 7.03. The van der Waals surface area contributed by atoms with Crippen LogP contribution in [0.3, 0.4) is 0 Å². The average molecular weight is 182 g/mol. The number of hydrogen-bond donors (Lipinski definition) is 0. The molecule has 13 heavy (non-hydrogen) atoms. The molecule has 0 aromatic rings. The zero-order valence-corrected chi connectivity index (χ0v) is 10.1. The van der Waals surface area contributed by atoms with E-state index in [0.717, 1.165) is 5.92 Å². The molecule has 0 aliphatic heterocycles. The lowest BCUT2D eigenvalue weighted by molar-refractivity contribution is 0.549. The lowest BCUT2D eigenvalue weighted by atomic mass is 9.92. The Hall–Kier alpha value is -0.260. The number of hydrogen-bond acceptors (Lipinski definition) is 0. The largest absolute Gasteiger partial charge is 0.0744 e. The molecule has 0 heteroatoms. The van der Waals surface area contributed by atoms with Crippen LogP contribution in [0.15, 0.2) is 11.1 Å². The van der Waals surface area contributed by atoms with E-state index >= 15 is 0 Å². The Morgan fingerprint density at radius 1 is 1.08 bits per heavy atom. The Labute approximate surface area is 84.4 Å². The summed E-state index contributed by atoms with van der Waals surface area (Å²) >= 11 is 0. The maximum absolute atomic E-state index is 2.37. The van der Waals surface area contributed by atoms with Gasteiger partial charge in [0.2, 0.25) is 0 Å². The summed E-state index contributed by atoms with van der Waals surface area (Å²) < 4.78 is 0. The first-order valence-corrected chi connectivity index (χ1v) is 5.79. The summed E-state index contributed by atoms with van der Waals surface area (Å²) in [5.74, 6) is 0.798. The molecule has 0 fully saturated rings. The molecule has 0 amide bonds. The van der Waals surface area contributed by atoms with Gasteiger partial charge in [-0.2, -0.15) is 0 Å². The molecule has 0 heterocycles. The van der Waals surface area contributed by atoms with Gasteiger partial charge in [0.15, 0.2) is 0 Å². The summed E-state index contributed by atoms with van der Waals surface area (Å²) in [6.07, 6.45) is 6.71. The molecule has 0 saturated carbocycles. The van der Waals surface area contributed by atoms with E-state index in [2.05, 4.69) is 34.6 Å². The molecule has 0 bridgehead atoms. The van der Waals surface area contributed by atoms with E-state index in [9.17, 15) is 0 Å². The minimum atomic E-state index is 0.798. The van der Waals surface area contributed by atoms with Crippen LogP contribution in [0.2, 0.25) is 0 Å². The standard InChI is InChI=1S/C13H26/c1-6-8-9-10-12(4)13(5)11(3)7-2/h12H,6-10H2,1-5H3. The van der Waals surface area contributed by atoms with Crippen molar-refractivity contribution in [2.24, 2.45) is 5.92 Å². The highest BCUT2D eigenvalue weighted by atomic mass is 14.1. The quantitative estimate of drug-likeness (QED) is 0.403. The summed E-state index contributed by atoms with van der Waals surface area (Å²) in [4.78, 5) is 0. The smallest absolute Gasteiger partial charge is 0.0232 e. The van der Waals surface area contributed by atoms with E-state index in [0.29, 0.717) is 0 Å². The van der Waals surface area contributed by atoms with Gasteiger partial charge in [-0.25, -0.2) is 0 Å². The van der Waals surface area contributed by atoms with E-state index in [1.165, 1.54) is 32.1 Å². The van der Waals surface area contributed by atoms with E-state index < -0.39 is 0 Å². The van der Waals surface area contributed by atoms with Crippen LogP contribution in [0.1, 0.15) is 66.7 Å². The van der Waals surface area contributed by atoms with Crippen LogP contribution in [0.25, 0.3) is 0 Å². The van der Waals surface area contributed by atoms with Crippen LogP contribution in [-0.4, -0.2) is 0 Å². The van der Waals surface area contributed by atoms with Gasteiger partial charge >= 0.3 is 0 Å². The highest BCUT2D eigenvalue weighted by molar-refractivity contribution is 5.11. The third-order valence-electron chi connectivity index (χ3n) is 3.18. The second-order valence-corrected chi connectivity index (χ2v) is 4.21. The molecule has 1 unspecified atom stereocenters. The molecule has 0 aliphatic carbocycles. The molecule has 0 aliphatic rings. The average Bonchev–Trinajstić information content (AvgIpc) is 2.15. The molecule has 0 aromatic heterocycles. The fraction of sp³-hybridized carbons (Fsp3) is 0.846. The zero-order valence-electron chi connectivity index (χ0n) is 10.1. The normalized spacial score (nSPS) is 15.5. The first-order valence-electron chi connectivity index (χ1n) is 5.79. The van der Waals surface area contributed by atoms with E-state index in [1.54, 1.807) is 11.1 Å². The minimum Gasteiger partial charge on any atom is -0.0744 e. The fourth-order valence-corrected chi connectivity index (χ4v) is 1.62. The highest BCUT2D eigenvalue weighted by Gasteiger charge is 2.05. The second kappa shape index (κ2) is 7.17. The lowest BCUT2D eigenvalue weighted by Crippen LogP contribution is -1.99. The van der Waals surface area contributed by atoms with Gasteiger partial charge in [-0.15, -0.1) is 0 Å². The molecule has 78 valence electrons. The van der Waals surface area contributed by atoms with Crippen molar-refractivity contribution < 1.29 is 0 Å². The summed E-state index contributed by atoms with van der Waals surface area (Å²) in [5.41, 5.74) is 3.21. The van der Waals surface area contributed by atoms with Crippen LogP contribution in [0.4, 0.5) is 0 Å². The molecule has 0 N–H and O–H groups in total. The van der Waals surface area contributed by atoms with Crippen LogP contribution < -0.4 is 0 Å². The van der Waals surface area contributed by atoms with Crippen molar-refractivity contribution in [3.8, 4) is 0 Å². The molecule has 0 spiro atoms. The first kappa shape index (κ1) is 12.7. The topological polar surface area (TPSA) is 0 Å². The summed E-state index contributed by atoms with van der Waals surface area (Å²) in [7, 11) is 0. The van der Waals surface area contributed by atoms with Crippen molar-refractivity contribution in [2.75, 3.05) is 0 Å². The van der Waals surface area contributed by atoms with Gasteiger partial charge in [0.05, 0.1) is 0 Å². The molecule has 0 nitrogen and oxygen atoms in total. The first-order chi connectivity index (χ1) is 6.13. The Bertz CT molecular complexity index is 153. The van der Waals surface area contributed by atoms with E-state index in [4.69, 9.17) is 0 Å². The van der Waals surface area contributed by atoms with Crippen molar-refractivity contribution in [3.05, 3.63) is 11.1 Å². The minimum absolute atomic E-state index is 0.798. The Balaban J connectivity index is 3.88. The van der Waals surface area contributed by atoms with Gasteiger partial charge in [-0.1, -0.05) is 51.2 Å². The monoisotopic (exact) mass is 182 g/mol. The predicted molar refractivity (Wildman–Crippen MR) is 62.0 cm³/mol. The molecule has 0 rings (SSSR count). The molecule has 0 radical (unpaired) electrons. The van der Waals surface area contributed by atoms with Crippen molar-refractivity contribution in [2.45, 2.75) is 66.7 Å². The highest BCUT2D eigenvalue weighted by Crippen LogP contribution is 2.21. The van der Waals surface area contributed by atoms with Crippen LogP contribution >= 0.6 is 0 Å². The van der Waals surface area contributed by atoms with E-state index in [-0.39, 0.29) is 0 Å². The van der Waals surface area contributed by atoms with Gasteiger partial charge in [0, 0.05) is 0 Å². The molecule has 0 aromatic carbocycles. The summed E-state index contributed by atoms with van der Waals surface area (Å²) in [6, 6.07) is 0. The third kappa shape index (κ3) is 5.13. The maximum Gasteiger partial charge on any atom is -0.0232 e. The SMILES string of the molecule is CCCCCC(C)C(C)=C(C)CC. The molecular weight excluding hydrogens is 156 g/mol. The van der Waals surface area contributed by atoms with E-state index in [1.807, 2.05) is 0 Å². The maximum atomic E-state index is 2.37. The van der Waals surface area contributed by atoms with Crippen LogP contribution in [-0.2, 0) is 0 Å². The van der Waals surface area contributed by atoms with Gasteiger partial charge in [0.1, 0.15) is 0 Å². The fourth-order valence-electron chi connectivity index (χ4n) is 1.62. The van der Waals surface area contributed by atoms with Gasteiger partial charge < -0.3 is 0 Å². The van der Waals surface area contributed by atoms with Crippen LogP contribution in [0, 0.1) is 5.92 Å². The molecule has 1 atom stereocenters. The third-order valence-corrected chi connectivity index (χ3v) is 3.18. The van der Waals surface area contributed by atoms with Crippen molar-refractivity contribution in [1.82, 2.24) is 0 Å².